The first-order chi connectivity index (χ1) is 10.3. The van der Waals surface area contributed by atoms with Crippen LogP contribution in [0.15, 0.2) is 78.4 Å². The molecule has 1 atom stereocenters. The van der Waals surface area contributed by atoms with E-state index >= 15 is 0 Å². The van der Waals surface area contributed by atoms with Gasteiger partial charge in [-0.15, -0.1) is 0 Å². The number of rotatable bonds is 3. The molecule has 2 aromatic carbocycles. The zero-order chi connectivity index (χ0) is 14.7. The maximum Gasteiger partial charge on any atom is 0.0417 e. The first kappa shape index (κ1) is 13.9. The van der Waals surface area contributed by atoms with Crippen LogP contribution in [0.4, 0.5) is 0 Å². The molecule has 0 radical (unpaired) electrons. The minimum Gasteiger partial charge on any atom is -0.0877 e. The molecule has 0 N–H and O–H groups in total. The van der Waals surface area contributed by atoms with Gasteiger partial charge in [0.15, 0.2) is 0 Å². The van der Waals surface area contributed by atoms with Gasteiger partial charge in [0, 0.05) is 5.41 Å². The molecule has 0 spiro atoms. The van der Waals surface area contributed by atoms with Crippen LogP contribution in [0.2, 0.25) is 0 Å². The smallest absolute Gasteiger partial charge is 0.0417 e. The van der Waals surface area contributed by atoms with E-state index in [9.17, 15) is 0 Å². The highest BCUT2D eigenvalue weighted by atomic mass is 14.4. The highest BCUT2D eigenvalue weighted by molar-refractivity contribution is 5.55. The van der Waals surface area contributed by atoms with Crippen LogP contribution in [0.3, 0.4) is 0 Å². The van der Waals surface area contributed by atoms with Gasteiger partial charge < -0.3 is 0 Å². The number of allylic oxidation sites excluding steroid dienone is 4. The quantitative estimate of drug-likeness (QED) is 0.654. The first-order valence-corrected chi connectivity index (χ1v) is 7.73. The monoisotopic (exact) mass is 274 g/mol. The lowest BCUT2D eigenvalue weighted by molar-refractivity contribution is 0.596. The lowest BCUT2D eigenvalue weighted by Gasteiger charge is -2.32. The average molecular weight is 274 g/mol. The zero-order valence-corrected chi connectivity index (χ0v) is 12.8. The Hall–Kier alpha value is -2.08. The maximum absolute atomic E-state index is 2.31. The summed E-state index contributed by atoms with van der Waals surface area (Å²) in [4.78, 5) is 0. The van der Waals surface area contributed by atoms with Gasteiger partial charge in [0.2, 0.25) is 0 Å². The summed E-state index contributed by atoms with van der Waals surface area (Å²) in [7, 11) is 0. The number of aryl methyl sites for hydroxylation is 1. The molecule has 3 rings (SSSR count). The fourth-order valence-electron chi connectivity index (χ4n) is 3.65. The number of hydrogen-bond donors (Lipinski definition) is 0. The summed E-state index contributed by atoms with van der Waals surface area (Å²) in [6.07, 6.45) is 8.85. The molecule has 0 heteroatoms. The number of benzene rings is 2. The van der Waals surface area contributed by atoms with Crippen molar-refractivity contribution >= 4 is 0 Å². The van der Waals surface area contributed by atoms with Gasteiger partial charge in [-0.2, -0.15) is 0 Å². The summed E-state index contributed by atoms with van der Waals surface area (Å²) in [5.41, 5.74) is 5.85. The Kier molecular flexibility index (Phi) is 3.79. The first-order valence-electron chi connectivity index (χ1n) is 7.73. The summed E-state index contributed by atoms with van der Waals surface area (Å²) in [6, 6.07) is 19.9. The van der Waals surface area contributed by atoms with Crippen molar-refractivity contribution in [2.45, 2.75) is 32.1 Å². The minimum atomic E-state index is 0.0391. The van der Waals surface area contributed by atoms with Crippen molar-refractivity contribution in [1.29, 1.82) is 0 Å². The standard InChI is InChI=1S/C21H22/c1-3-4-10-17(2)21(19-12-6-5-7-13-19)16-15-18-11-8-9-14-20(18)21/h3-14H,15-16H2,1-2H3/b4-3-,17-10+. The van der Waals surface area contributed by atoms with Crippen LogP contribution in [0.25, 0.3) is 0 Å². The average Bonchev–Trinajstić information content (AvgIpc) is 2.94. The fraction of sp³-hybridized carbons (Fsp3) is 0.238. The predicted molar refractivity (Wildman–Crippen MR) is 90.6 cm³/mol. The highest BCUT2D eigenvalue weighted by Crippen LogP contribution is 2.48. The molecule has 1 unspecified atom stereocenters. The van der Waals surface area contributed by atoms with Crippen LogP contribution in [0, 0.1) is 0 Å². The SMILES string of the molecule is C/C=C\C=C(/C)C1(c2ccccc2)CCc2ccccc21. The third kappa shape index (κ3) is 2.25. The van der Waals surface area contributed by atoms with Crippen molar-refractivity contribution in [3.05, 3.63) is 95.1 Å². The fourth-order valence-corrected chi connectivity index (χ4v) is 3.65. The number of fused-ring (bicyclic) bond motifs is 1. The Morgan fingerprint density at radius 1 is 1.00 bits per heavy atom. The zero-order valence-electron chi connectivity index (χ0n) is 12.8. The second-order valence-electron chi connectivity index (χ2n) is 5.80. The van der Waals surface area contributed by atoms with Gasteiger partial charge in [0.25, 0.3) is 0 Å². The minimum absolute atomic E-state index is 0.0391. The normalized spacial score (nSPS) is 21.7. The largest absolute Gasteiger partial charge is 0.0877 e. The van der Waals surface area contributed by atoms with Crippen LogP contribution >= 0.6 is 0 Å². The summed E-state index contributed by atoms with van der Waals surface area (Å²) in [5, 5.41) is 0. The molecule has 0 saturated heterocycles. The van der Waals surface area contributed by atoms with Crippen molar-refractivity contribution in [3.8, 4) is 0 Å². The van der Waals surface area contributed by atoms with Gasteiger partial charge in [0.1, 0.15) is 0 Å². The highest BCUT2D eigenvalue weighted by Gasteiger charge is 2.41. The second kappa shape index (κ2) is 5.73. The third-order valence-electron chi connectivity index (χ3n) is 4.72. The molecule has 0 heterocycles. The van der Waals surface area contributed by atoms with Crippen molar-refractivity contribution in [3.63, 3.8) is 0 Å². The van der Waals surface area contributed by atoms with E-state index < -0.39 is 0 Å². The molecule has 0 bridgehead atoms. The molecule has 0 amide bonds. The Morgan fingerprint density at radius 3 is 2.48 bits per heavy atom. The third-order valence-corrected chi connectivity index (χ3v) is 4.72. The summed E-state index contributed by atoms with van der Waals surface area (Å²) in [6.45, 7) is 4.34. The van der Waals surface area contributed by atoms with Crippen LogP contribution < -0.4 is 0 Å². The van der Waals surface area contributed by atoms with Gasteiger partial charge in [-0.3, -0.25) is 0 Å². The topological polar surface area (TPSA) is 0 Å². The molecular formula is C21H22. The molecule has 106 valence electrons. The van der Waals surface area contributed by atoms with E-state index in [4.69, 9.17) is 0 Å². The van der Waals surface area contributed by atoms with Gasteiger partial charge in [-0.1, -0.05) is 78.4 Å². The second-order valence-corrected chi connectivity index (χ2v) is 5.80. The van der Waals surface area contributed by atoms with Gasteiger partial charge in [-0.05, 0) is 43.4 Å². The Morgan fingerprint density at radius 2 is 1.71 bits per heavy atom. The van der Waals surface area contributed by atoms with Gasteiger partial charge in [-0.25, -0.2) is 0 Å². The molecule has 0 aliphatic heterocycles. The molecule has 0 fully saturated rings. The van der Waals surface area contributed by atoms with Gasteiger partial charge in [0.05, 0.1) is 0 Å². The summed E-state index contributed by atoms with van der Waals surface area (Å²) in [5.74, 6) is 0. The molecule has 2 aromatic rings. The van der Waals surface area contributed by atoms with Crippen LogP contribution in [0.1, 0.15) is 37.0 Å². The van der Waals surface area contributed by atoms with Gasteiger partial charge >= 0.3 is 0 Å². The molecule has 21 heavy (non-hydrogen) atoms. The lowest BCUT2D eigenvalue weighted by atomic mass is 9.70. The van der Waals surface area contributed by atoms with E-state index in [1.807, 2.05) is 0 Å². The molecule has 0 nitrogen and oxygen atoms in total. The summed E-state index contributed by atoms with van der Waals surface area (Å²) < 4.78 is 0. The van der Waals surface area contributed by atoms with Crippen molar-refractivity contribution in [2.75, 3.05) is 0 Å². The van der Waals surface area contributed by atoms with E-state index in [0.717, 1.165) is 12.8 Å². The van der Waals surface area contributed by atoms with E-state index in [-0.39, 0.29) is 5.41 Å². The molecule has 1 aliphatic carbocycles. The van der Waals surface area contributed by atoms with Crippen LogP contribution in [0.5, 0.6) is 0 Å². The Bertz CT molecular complexity index is 676. The van der Waals surface area contributed by atoms with Crippen molar-refractivity contribution in [1.82, 2.24) is 0 Å². The van der Waals surface area contributed by atoms with E-state index in [2.05, 4.69) is 86.7 Å². The summed E-state index contributed by atoms with van der Waals surface area (Å²) >= 11 is 0. The maximum atomic E-state index is 2.31. The van der Waals surface area contributed by atoms with E-state index in [0.29, 0.717) is 0 Å². The molecular weight excluding hydrogens is 252 g/mol. The van der Waals surface area contributed by atoms with Crippen molar-refractivity contribution < 1.29 is 0 Å². The Labute approximate surface area is 127 Å². The Balaban J connectivity index is 2.23. The number of hydrogen-bond acceptors (Lipinski definition) is 0. The molecule has 0 aromatic heterocycles. The molecule has 1 aliphatic rings. The van der Waals surface area contributed by atoms with E-state index in [1.165, 1.54) is 22.3 Å². The van der Waals surface area contributed by atoms with E-state index in [1.54, 1.807) is 0 Å². The van der Waals surface area contributed by atoms with Crippen LogP contribution in [-0.2, 0) is 11.8 Å². The molecule has 0 saturated carbocycles. The lowest BCUT2D eigenvalue weighted by Crippen LogP contribution is -2.26. The van der Waals surface area contributed by atoms with Crippen molar-refractivity contribution in [2.24, 2.45) is 0 Å². The van der Waals surface area contributed by atoms with Crippen LogP contribution in [-0.4, -0.2) is 0 Å². The predicted octanol–water partition coefficient (Wildman–Crippen LogP) is 5.44.